The largest absolute Gasteiger partial charge is 0.299 e. The molecule has 0 aromatic heterocycles. The lowest BCUT2D eigenvalue weighted by atomic mass is 9.55. The third kappa shape index (κ3) is 1.94. The molecular weight excluding hydrogens is 268 g/mol. The summed E-state index contributed by atoms with van der Waals surface area (Å²) < 4.78 is 0. The molecule has 2 fully saturated rings. The van der Waals surface area contributed by atoms with Crippen LogP contribution in [-0.2, 0) is 11.2 Å². The van der Waals surface area contributed by atoms with E-state index in [0.717, 1.165) is 25.2 Å². The quantitative estimate of drug-likeness (QED) is 0.700. The van der Waals surface area contributed by atoms with E-state index in [-0.39, 0.29) is 5.41 Å². The first-order valence-corrected chi connectivity index (χ1v) is 8.92. The van der Waals surface area contributed by atoms with Gasteiger partial charge in [0.25, 0.3) is 0 Å². The topological polar surface area (TPSA) is 17.1 Å². The van der Waals surface area contributed by atoms with Gasteiger partial charge in [-0.15, -0.1) is 0 Å². The summed E-state index contributed by atoms with van der Waals surface area (Å²) in [6, 6.07) is 7.04. The fourth-order valence-electron chi connectivity index (χ4n) is 5.67. The van der Waals surface area contributed by atoms with Crippen molar-refractivity contribution < 1.29 is 4.79 Å². The molecule has 116 valence electrons. The Balaban J connectivity index is 1.69. The minimum absolute atomic E-state index is 0.00353. The van der Waals surface area contributed by atoms with Gasteiger partial charge in [-0.05, 0) is 73.5 Å². The molecule has 0 heterocycles. The van der Waals surface area contributed by atoms with Crippen molar-refractivity contribution in [3.8, 4) is 0 Å². The number of hydrogen-bond acceptors (Lipinski definition) is 1. The Morgan fingerprint density at radius 1 is 1.18 bits per heavy atom. The van der Waals surface area contributed by atoms with Crippen LogP contribution in [0.25, 0.3) is 6.08 Å². The van der Waals surface area contributed by atoms with E-state index in [1.165, 1.54) is 24.8 Å². The summed E-state index contributed by atoms with van der Waals surface area (Å²) in [5.41, 5.74) is 4.48. The lowest BCUT2D eigenvalue weighted by molar-refractivity contribution is -0.129. The summed E-state index contributed by atoms with van der Waals surface area (Å²) in [6.07, 6.45) is 11.1. The number of allylic oxidation sites excluding steroid dienone is 1. The van der Waals surface area contributed by atoms with Crippen LogP contribution in [0.3, 0.4) is 0 Å². The van der Waals surface area contributed by atoms with Gasteiger partial charge in [0.15, 0.2) is 0 Å². The lowest BCUT2D eigenvalue weighted by Crippen LogP contribution is -2.42. The zero-order valence-electron chi connectivity index (χ0n) is 13.8. The fraction of sp³-hybridized carbons (Fsp3) is 0.571. The van der Waals surface area contributed by atoms with E-state index in [4.69, 9.17) is 0 Å². The summed E-state index contributed by atoms with van der Waals surface area (Å²) in [5, 5.41) is 0. The Morgan fingerprint density at radius 2 is 2.05 bits per heavy atom. The van der Waals surface area contributed by atoms with Gasteiger partial charge in [-0.1, -0.05) is 37.3 Å². The zero-order chi connectivity index (χ0) is 15.3. The minimum atomic E-state index is 0.00353. The van der Waals surface area contributed by atoms with E-state index < -0.39 is 0 Å². The fourth-order valence-corrected chi connectivity index (χ4v) is 5.67. The molecule has 4 atom stereocenters. The summed E-state index contributed by atoms with van der Waals surface area (Å²) in [4.78, 5) is 12.4. The molecule has 3 aliphatic carbocycles. The molecule has 0 unspecified atom stereocenters. The first-order valence-electron chi connectivity index (χ1n) is 8.92. The molecule has 1 nitrogen and oxygen atoms in total. The number of carbonyl (C=O) groups excluding carboxylic acids is 1. The summed E-state index contributed by atoms with van der Waals surface area (Å²) in [7, 11) is 0. The second-order valence-electron chi connectivity index (χ2n) is 7.79. The lowest BCUT2D eigenvalue weighted by Gasteiger charge is -2.48. The van der Waals surface area contributed by atoms with Crippen LogP contribution in [0.1, 0.15) is 68.6 Å². The SMILES string of the molecule is C/C=C/c1ccc2c(c1)CC[C@@H]1[C@@H]2CC[C@]2(C)C(=O)CC[C@@H]12. The summed E-state index contributed by atoms with van der Waals surface area (Å²) in [5.74, 6) is 2.63. The second kappa shape index (κ2) is 5.08. The highest BCUT2D eigenvalue weighted by atomic mass is 16.1. The smallest absolute Gasteiger partial charge is 0.139 e. The molecule has 1 heteroatoms. The van der Waals surface area contributed by atoms with E-state index in [1.54, 1.807) is 11.1 Å². The number of Topliss-reactive ketones (excluding diaryl/α,β-unsaturated/α-hetero) is 1. The van der Waals surface area contributed by atoms with Crippen molar-refractivity contribution >= 4 is 11.9 Å². The molecule has 4 rings (SSSR count). The highest BCUT2D eigenvalue weighted by molar-refractivity contribution is 5.87. The number of fused-ring (bicyclic) bond motifs is 5. The average molecular weight is 294 g/mol. The van der Waals surface area contributed by atoms with Crippen LogP contribution < -0.4 is 0 Å². The monoisotopic (exact) mass is 294 g/mol. The molecule has 1 aromatic rings. The third-order valence-corrected chi connectivity index (χ3v) is 6.82. The molecule has 2 saturated carbocycles. The normalized spacial score (nSPS) is 37.0. The molecule has 0 aliphatic heterocycles. The van der Waals surface area contributed by atoms with Crippen LogP contribution in [0.4, 0.5) is 0 Å². The minimum Gasteiger partial charge on any atom is -0.299 e. The highest BCUT2D eigenvalue weighted by Gasteiger charge is 2.54. The van der Waals surface area contributed by atoms with Gasteiger partial charge < -0.3 is 0 Å². The maximum atomic E-state index is 12.4. The Labute approximate surface area is 133 Å². The van der Waals surface area contributed by atoms with Gasteiger partial charge in [0.05, 0.1) is 0 Å². The van der Waals surface area contributed by atoms with Crippen molar-refractivity contribution in [2.24, 2.45) is 17.3 Å². The molecule has 0 radical (unpaired) electrons. The Kier molecular flexibility index (Phi) is 3.29. The molecule has 0 amide bonds. The van der Waals surface area contributed by atoms with E-state index in [1.807, 2.05) is 0 Å². The molecule has 22 heavy (non-hydrogen) atoms. The van der Waals surface area contributed by atoms with Gasteiger partial charge in [0.2, 0.25) is 0 Å². The Morgan fingerprint density at radius 3 is 2.86 bits per heavy atom. The molecule has 1 aromatic carbocycles. The van der Waals surface area contributed by atoms with Gasteiger partial charge in [0, 0.05) is 11.8 Å². The van der Waals surface area contributed by atoms with Gasteiger partial charge in [-0.25, -0.2) is 0 Å². The Hall–Kier alpha value is -1.37. The van der Waals surface area contributed by atoms with Crippen molar-refractivity contribution in [2.75, 3.05) is 0 Å². The van der Waals surface area contributed by atoms with Crippen LogP contribution in [0.15, 0.2) is 24.3 Å². The predicted molar refractivity (Wildman–Crippen MR) is 90.8 cm³/mol. The molecular formula is C21H26O. The molecule has 0 bridgehead atoms. The Bertz CT molecular complexity index is 641. The number of carbonyl (C=O) groups is 1. The predicted octanol–water partition coefficient (Wildman–Crippen LogP) is 5.14. The number of hydrogen-bond donors (Lipinski definition) is 0. The first-order chi connectivity index (χ1) is 10.6. The highest BCUT2D eigenvalue weighted by Crippen LogP contribution is 2.59. The van der Waals surface area contributed by atoms with E-state index in [2.05, 4.69) is 44.2 Å². The van der Waals surface area contributed by atoms with Gasteiger partial charge in [0.1, 0.15) is 5.78 Å². The molecule has 0 saturated heterocycles. The number of rotatable bonds is 1. The van der Waals surface area contributed by atoms with E-state index in [0.29, 0.717) is 17.6 Å². The van der Waals surface area contributed by atoms with Gasteiger partial charge in [-0.2, -0.15) is 0 Å². The number of ketones is 1. The van der Waals surface area contributed by atoms with Crippen molar-refractivity contribution in [2.45, 2.75) is 58.3 Å². The van der Waals surface area contributed by atoms with Crippen molar-refractivity contribution in [3.63, 3.8) is 0 Å². The van der Waals surface area contributed by atoms with E-state index in [9.17, 15) is 4.79 Å². The van der Waals surface area contributed by atoms with Gasteiger partial charge in [-0.3, -0.25) is 4.79 Å². The van der Waals surface area contributed by atoms with Crippen LogP contribution in [0.2, 0.25) is 0 Å². The van der Waals surface area contributed by atoms with E-state index >= 15 is 0 Å². The molecule has 3 aliphatic rings. The van der Waals surface area contributed by atoms with Crippen LogP contribution in [0, 0.1) is 17.3 Å². The third-order valence-electron chi connectivity index (χ3n) is 6.82. The number of aryl methyl sites for hydroxylation is 1. The average Bonchev–Trinajstić information content (AvgIpc) is 2.83. The van der Waals surface area contributed by atoms with Crippen LogP contribution in [-0.4, -0.2) is 5.78 Å². The standard InChI is InChI=1S/C21H26O/c1-3-4-14-5-7-16-15(13-14)6-8-18-17(16)11-12-21(2)19(18)9-10-20(21)22/h3-5,7,13,17-19H,6,8-12H2,1-2H3/b4-3+/t17-,18-,19+,21+/m1/s1. The maximum absolute atomic E-state index is 12.4. The molecule has 0 N–H and O–H groups in total. The zero-order valence-corrected chi connectivity index (χ0v) is 13.8. The second-order valence-corrected chi connectivity index (χ2v) is 7.79. The van der Waals surface area contributed by atoms with Crippen molar-refractivity contribution in [1.82, 2.24) is 0 Å². The van der Waals surface area contributed by atoms with Crippen LogP contribution >= 0.6 is 0 Å². The van der Waals surface area contributed by atoms with Crippen LogP contribution in [0.5, 0.6) is 0 Å². The summed E-state index contributed by atoms with van der Waals surface area (Å²) >= 11 is 0. The van der Waals surface area contributed by atoms with Gasteiger partial charge >= 0.3 is 0 Å². The first kappa shape index (κ1) is 14.2. The summed E-state index contributed by atoms with van der Waals surface area (Å²) in [6.45, 7) is 4.34. The van der Waals surface area contributed by atoms with Crippen molar-refractivity contribution in [1.29, 1.82) is 0 Å². The number of benzene rings is 1. The molecule has 0 spiro atoms. The van der Waals surface area contributed by atoms with Crippen molar-refractivity contribution in [3.05, 3.63) is 41.0 Å². The maximum Gasteiger partial charge on any atom is 0.139 e.